The van der Waals surface area contributed by atoms with Gasteiger partial charge in [-0.3, -0.25) is 0 Å². The molecular weight excluding hydrogens is 198 g/mol. The smallest absolute Gasteiger partial charge is 0.162 e. The molecule has 0 radical (unpaired) electrons. The summed E-state index contributed by atoms with van der Waals surface area (Å²) in [6.07, 6.45) is 3.37. The Kier molecular flexibility index (Phi) is 2.86. The molecule has 2 aromatic heterocycles. The molecule has 0 aliphatic carbocycles. The Labute approximate surface area is 96.0 Å². The van der Waals surface area contributed by atoms with Crippen molar-refractivity contribution >= 4 is 11.0 Å². The van der Waals surface area contributed by atoms with Crippen LogP contribution in [-0.4, -0.2) is 15.0 Å². The number of nitrogens with zero attached hydrogens (tertiary/aromatic N) is 3. The zero-order chi connectivity index (χ0) is 11.7. The second kappa shape index (κ2) is 4.16. The van der Waals surface area contributed by atoms with Crippen LogP contribution in [0.3, 0.4) is 0 Å². The molecule has 0 aliphatic heterocycles. The Bertz CT molecular complexity index is 457. The molecule has 2 aromatic rings. The van der Waals surface area contributed by atoms with Crippen LogP contribution in [0.4, 0.5) is 0 Å². The molecule has 0 unspecified atom stereocenters. The van der Waals surface area contributed by atoms with E-state index in [0.717, 1.165) is 16.7 Å². The summed E-state index contributed by atoms with van der Waals surface area (Å²) in [5.74, 6) is 0.909. The van der Waals surface area contributed by atoms with Crippen LogP contribution in [0.5, 0.6) is 0 Å². The summed E-state index contributed by atoms with van der Waals surface area (Å²) in [5, 5.41) is 1.02. The standard InChI is InChI=1S/C13H17N3/c1-8(2)11-5-10-6-14-7-15-13(10)16-12(11)9(3)4/h5-9H,1-4H3. The summed E-state index contributed by atoms with van der Waals surface area (Å²) in [5.41, 5.74) is 3.25. The van der Waals surface area contributed by atoms with Gasteiger partial charge in [0.15, 0.2) is 5.65 Å². The number of hydrogen-bond acceptors (Lipinski definition) is 3. The van der Waals surface area contributed by atoms with E-state index in [9.17, 15) is 0 Å². The van der Waals surface area contributed by atoms with Crippen molar-refractivity contribution in [2.45, 2.75) is 39.5 Å². The van der Waals surface area contributed by atoms with Gasteiger partial charge in [0.2, 0.25) is 0 Å². The molecule has 0 aliphatic rings. The predicted molar refractivity (Wildman–Crippen MR) is 65.5 cm³/mol. The molecular formula is C13H17N3. The lowest BCUT2D eigenvalue weighted by Gasteiger charge is -2.15. The maximum absolute atomic E-state index is 4.64. The highest BCUT2D eigenvalue weighted by Crippen LogP contribution is 2.26. The van der Waals surface area contributed by atoms with Crippen molar-refractivity contribution in [1.82, 2.24) is 15.0 Å². The zero-order valence-corrected chi connectivity index (χ0v) is 10.2. The first-order chi connectivity index (χ1) is 7.59. The third kappa shape index (κ3) is 1.90. The highest BCUT2D eigenvalue weighted by atomic mass is 14.9. The van der Waals surface area contributed by atoms with Crippen LogP contribution in [-0.2, 0) is 0 Å². The topological polar surface area (TPSA) is 38.7 Å². The fourth-order valence-electron chi connectivity index (χ4n) is 1.87. The van der Waals surface area contributed by atoms with Crippen molar-refractivity contribution < 1.29 is 0 Å². The maximum Gasteiger partial charge on any atom is 0.162 e. The van der Waals surface area contributed by atoms with Gasteiger partial charge < -0.3 is 0 Å². The second-order valence-corrected chi connectivity index (χ2v) is 4.71. The average Bonchev–Trinajstić information content (AvgIpc) is 2.27. The summed E-state index contributed by atoms with van der Waals surface area (Å²) in [4.78, 5) is 12.9. The minimum absolute atomic E-state index is 0.428. The van der Waals surface area contributed by atoms with Crippen molar-refractivity contribution in [2.24, 2.45) is 0 Å². The van der Waals surface area contributed by atoms with Gasteiger partial charge in [-0.25, -0.2) is 15.0 Å². The van der Waals surface area contributed by atoms with Crippen LogP contribution in [0.1, 0.15) is 50.8 Å². The van der Waals surface area contributed by atoms with Gasteiger partial charge in [-0.15, -0.1) is 0 Å². The number of pyridine rings is 1. The van der Waals surface area contributed by atoms with Crippen molar-refractivity contribution in [2.75, 3.05) is 0 Å². The van der Waals surface area contributed by atoms with Crippen LogP contribution >= 0.6 is 0 Å². The lowest BCUT2D eigenvalue weighted by molar-refractivity contribution is 0.762. The number of aromatic nitrogens is 3. The van der Waals surface area contributed by atoms with Crippen molar-refractivity contribution in [3.8, 4) is 0 Å². The summed E-state index contributed by atoms with van der Waals surface area (Å²) in [6, 6.07) is 2.17. The first-order valence-electron chi connectivity index (χ1n) is 5.70. The fourth-order valence-corrected chi connectivity index (χ4v) is 1.87. The van der Waals surface area contributed by atoms with Gasteiger partial charge in [0.25, 0.3) is 0 Å². The first-order valence-corrected chi connectivity index (χ1v) is 5.70. The van der Waals surface area contributed by atoms with Crippen LogP contribution in [0.25, 0.3) is 11.0 Å². The van der Waals surface area contributed by atoms with Crippen molar-refractivity contribution in [3.63, 3.8) is 0 Å². The van der Waals surface area contributed by atoms with Gasteiger partial charge in [0.1, 0.15) is 6.33 Å². The van der Waals surface area contributed by atoms with Gasteiger partial charge >= 0.3 is 0 Å². The highest BCUT2D eigenvalue weighted by Gasteiger charge is 2.13. The van der Waals surface area contributed by atoms with Crippen LogP contribution < -0.4 is 0 Å². The van der Waals surface area contributed by atoms with E-state index in [1.165, 1.54) is 5.56 Å². The molecule has 0 saturated carbocycles. The predicted octanol–water partition coefficient (Wildman–Crippen LogP) is 3.27. The van der Waals surface area contributed by atoms with Crippen LogP contribution in [0, 0.1) is 0 Å². The SMILES string of the molecule is CC(C)c1cc2cncnc2nc1C(C)C. The minimum Gasteiger partial charge on any atom is -0.244 e. The average molecular weight is 215 g/mol. The first kappa shape index (κ1) is 11.0. The molecule has 0 saturated heterocycles. The third-order valence-corrected chi connectivity index (χ3v) is 2.72. The minimum atomic E-state index is 0.428. The molecule has 0 amide bonds. The molecule has 0 bridgehead atoms. The lowest BCUT2D eigenvalue weighted by atomic mass is 9.95. The van der Waals surface area contributed by atoms with Crippen molar-refractivity contribution in [1.29, 1.82) is 0 Å². The molecule has 84 valence electrons. The van der Waals surface area contributed by atoms with E-state index in [1.54, 1.807) is 6.33 Å². The van der Waals surface area contributed by atoms with Gasteiger partial charge in [0, 0.05) is 17.3 Å². The van der Waals surface area contributed by atoms with E-state index in [-0.39, 0.29) is 0 Å². The van der Waals surface area contributed by atoms with Crippen LogP contribution in [0.15, 0.2) is 18.6 Å². The van der Waals surface area contributed by atoms with E-state index in [4.69, 9.17) is 0 Å². The summed E-state index contributed by atoms with van der Waals surface area (Å²) >= 11 is 0. The Hall–Kier alpha value is -1.51. The Morgan fingerprint density at radius 1 is 1.06 bits per heavy atom. The van der Waals surface area contributed by atoms with Gasteiger partial charge in [-0.05, 0) is 23.5 Å². The number of hydrogen-bond donors (Lipinski definition) is 0. The molecule has 3 heteroatoms. The van der Waals surface area contributed by atoms with Gasteiger partial charge in [-0.1, -0.05) is 27.7 Å². The van der Waals surface area contributed by atoms with Gasteiger partial charge in [0.05, 0.1) is 0 Å². The molecule has 2 heterocycles. The second-order valence-electron chi connectivity index (χ2n) is 4.71. The maximum atomic E-state index is 4.64. The molecule has 2 rings (SSSR count). The van der Waals surface area contributed by atoms with E-state index in [1.807, 2.05) is 6.20 Å². The monoisotopic (exact) mass is 215 g/mol. The Balaban J connectivity index is 2.71. The van der Waals surface area contributed by atoms with E-state index >= 15 is 0 Å². The molecule has 3 nitrogen and oxygen atoms in total. The Morgan fingerprint density at radius 2 is 1.81 bits per heavy atom. The molecule has 0 atom stereocenters. The summed E-state index contributed by atoms with van der Waals surface area (Å²) in [7, 11) is 0. The molecule has 0 spiro atoms. The largest absolute Gasteiger partial charge is 0.244 e. The molecule has 0 fully saturated rings. The molecule has 16 heavy (non-hydrogen) atoms. The quantitative estimate of drug-likeness (QED) is 0.771. The summed E-state index contributed by atoms with van der Waals surface area (Å²) in [6.45, 7) is 8.72. The number of fused-ring (bicyclic) bond motifs is 1. The number of rotatable bonds is 2. The lowest BCUT2D eigenvalue weighted by Crippen LogP contribution is -2.03. The van der Waals surface area contributed by atoms with Crippen LogP contribution in [0.2, 0.25) is 0 Å². The third-order valence-electron chi connectivity index (χ3n) is 2.72. The van der Waals surface area contributed by atoms with Crippen molar-refractivity contribution in [3.05, 3.63) is 29.8 Å². The van der Waals surface area contributed by atoms with E-state index in [0.29, 0.717) is 11.8 Å². The van der Waals surface area contributed by atoms with Gasteiger partial charge in [-0.2, -0.15) is 0 Å². The molecule has 0 aromatic carbocycles. The highest BCUT2D eigenvalue weighted by molar-refractivity contribution is 5.74. The van der Waals surface area contributed by atoms with E-state index < -0.39 is 0 Å². The fraction of sp³-hybridized carbons (Fsp3) is 0.462. The Morgan fingerprint density at radius 3 is 2.44 bits per heavy atom. The van der Waals surface area contributed by atoms with E-state index in [2.05, 4.69) is 48.7 Å². The molecule has 0 N–H and O–H groups in total. The normalized spacial score (nSPS) is 11.6. The summed E-state index contributed by atoms with van der Waals surface area (Å²) < 4.78 is 0. The zero-order valence-electron chi connectivity index (χ0n) is 10.2.